The Balaban J connectivity index is 2.39. The van der Waals surface area contributed by atoms with Crippen LogP contribution >= 0.6 is 22.9 Å². The summed E-state index contributed by atoms with van der Waals surface area (Å²) in [5.74, 6) is 0. The maximum absolute atomic E-state index is 11.9. The quantitative estimate of drug-likeness (QED) is 0.941. The molecular weight excluding hydrogens is 296 g/mol. The van der Waals surface area contributed by atoms with Gasteiger partial charge in [-0.15, -0.1) is 11.3 Å². The van der Waals surface area contributed by atoms with Crippen LogP contribution in [0.25, 0.3) is 0 Å². The molecular formula is C10H9ClN2O3S2. The van der Waals surface area contributed by atoms with Gasteiger partial charge in [0.05, 0.1) is 5.69 Å². The molecule has 0 saturated carbocycles. The Morgan fingerprint density at radius 2 is 2.17 bits per heavy atom. The number of hydrogen-bond donors (Lipinski definition) is 1. The molecule has 1 N–H and O–H groups in total. The molecule has 2 aromatic heterocycles. The lowest BCUT2D eigenvalue weighted by Gasteiger charge is -2.08. The summed E-state index contributed by atoms with van der Waals surface area (Å²) >= 11 is 6.82. The van der Waals surface area contributed by atoms with Gasteiger partial charge in [0, 0.05) is 13.2 Å². The fourth-order valence-electron chi connectivity index (χ4n) is 1.35. The van der Waals surface area contributed by atoms with E-state index in [9.17, 15) is 13.2 Å². The zero-order chi connectivity index (χ0) is 13.3. The molecule has 0 unspecified atom stereocenters. The first-order chi connectivity index (χ1) is 8.40. The average molecular weight is 305 g/mol. The van der Waals surface area contributed by atoms with Crippen LogP contribution < -0.4 is 10.3 Å². The lowest BCUT2D eigenvalue weighted by Crippen LogP contribution is -2.19. The molecule has 96 valence electrons. The summed E-state index contributed by atoms with van der Waals surface area (Å²) in [7, 11) is -2.12. The van der Waals surface area contributed by atoms with Gasteiger partial charge >= 0.3 is 0 Å². The van der Waals surface area contributed by atoms with Crippen LogP contribution in [0, 0.1) is 0 Å². The average Bonchev–Trinajstić information content (AvgIpc) is 2.79. The van der Waals surface area contributed by atoms with Crippen molar-refractivity contribution >= 4 is 38.6 Å². The maximum atomic E-state index is 11.9. The van der Waals surface area contributed by atoms with Crippen molar-refractivity contribution in [3.8, 4) is 0 Å². The number of nitrogens with one attached hydrogen (secondary N) is 1. The van der Waals surface area contributed by atoms with E-state index < -0.39 is 10.0 Å². The van der Waals surface area contributed by atoms with Crippen LogP contribution in [0.5, 0.6) is 0 Å². The van der Waals surface area contributed by atoms with Crippen LogP contribution in [0.1, 0.15) is 0 Å². The molecule has 0 aromatic carbocycles. The normalized spacial score (nSPS) is 11.4. The summed E-state index contributed by atoms with van der Waals surface area (Å²) in [6.07, 6.45) is 1.37. The van der Waals surface area contributed by atoms with Gasteiger partial charge in [-0.1, -0.05) is 17.7 Å². The van der Waals surface area contributed by atoms with Gasteiger partial charge in [0.15, 0.2) is 0 Å². The summed E-state index contributed by atoms with van der Waals surface area (Å²) in [5, 5.41) is 1.63. The number of halogens is 1. The first-order valence-electron chi connectivity index (χ1n) is 4.82. The van der Waals surface area contributed by atoms with Crippen molar-refractivity contribution in [3.63, 3.8) is 0 Å². The Labute approximate surface area is 113 Å². The standard InChI is InChI=1S/C10H9ClN2O3S2/c1-13-6-7(5-8(11)10(13)14)12-18(15,16)9-3-2-4-17-9/h2-6,12H,1H3. The smallest absolute Gasteiger partial charge is 0.271 e. The van der Waals surface area contributed by atoms with E-state index in [1.54, 1.807) is 11.4 Å². The molecule has 2 rings (SSSR count). The molecule has 5 nitrogen and oxygen atoms in total. The third-order valence-corrected chi connectivity index (χ3v) is 5.20. The van der Waals surface area contributed by atoms with E-state index in [0.29, 0.717) is 0 Å². The molecule has 0 amide bonds. The number of sulfonamides is 1. The SMILES string of the molecule is Cn1cc(NS(=O)(=O)c2cccs2)cc(Cl)c1=O. The lowest BCUT2D eigenvalue weighted by atomic mass is 10.4. The van der Waals surface area contributed by atoms with Gasteiger partial charge in [-0.05, 0) is 17.5 Å². The fraction of sp³-hybridized carbons (Fsp3) is 0.100. The monoisotopic (exact) mass is 304 g/mol. The highest BCUT2D eigenvalue weighted by molar-refractivity contribution is 7.94. The zero-order valence-corrected chi connectivity index (χ0v) is 11.6. The highest BCUT2D eigenvalue weighted by Crippen LogP contribution is 2.20. The molecule has 0 aliphatic carbocycles. The number of hydrogen-bond acceptors (Lipinski definition) is 4. The van der Waals surface area contributed by atoms with Crippen LogP contribution in [0.3, 0.4) is 0 Å². The lowest BCUT2D eigenvalue weighted by molar-refractivity contribution is 0.603. The summed E-state index contributed by atoms with van der Waals surface area (Å²) in [5.41, 5.74) is -0.133. The van der Waals surface area contributed by atoms with Gasteiger partial charge in [0.25, 0.3) is 15.6 Å². The highest BCUT2D eigenvalue weighted by atomic mass is 35.5. The zero-order valence-electron chi connectivity index (χ0n) is 9.25. The van der Waals surface area contributed by atoms with Crippen LogP contribution in [0.4, 0.5) is 5.69 Å². The molecule has 0 aliphatic heterocycles. The Bertz CT molecular complexity index is 694. The number of rotatable bonds is 3. The summed E-state index contributed by atoms with van der Waals surface area (Å²) in [4.78, 5) is 11.4. The number of anilines is 1. The molecule has 0 bridgehead atoms. The molecule has 0 saturated heterocycles. The van der Waals surface area contributed by atoms with Gasteiger partial charge in [0.1, 0.15) is 9.23 Å². The third kappa shape index (κ3) is 2.58. The van der Waals surface area contributed by atoms with Crippen molar-refractivity contribution in [1.29, 1.82) is 0 Å². The van der Waals surface area contributed by atoms with E-state index in [4.69, 9.17) is 11.6 Å². The second-order valence-corrected chi connectivity index (χ2v) is 6.79. The molecule has 2 aromatic rings. The number of aromatic nitrogens is 1. The summed E-state index contributed by atoms with van der Waals surface area (Å²) in [6.45, 7) is 0. The van der Waals surface area contributed by atoms with Gasteiger partial charge in [-0.2, -0.15) is 0 Å². The van der Waals surface area contributed by atoms with Crippen molar-refractivity contribution < 1.29 is 8.42 Å². The predicted molar refractivity (Wildman–Crippen MR) is 71.8 cm³/mol. The van der Waals surface area contributed by atoms with E-state index in [2.05, 4.69) is 4.72 Å². The first-order valence-corrected chi connectivity index (χ1v) is 7.57. The molecule has 2 heterocycles. The molecule has 0 radical (unpaired) electrons. The van der Waals surface area contributed by atoms with Crippen LogP contribution in [-0.4, -0.2) is 13.0 Å². The van der Waals surface area contributed by atoms with Crippen molar-refractivity contribution in [1.82, 2.24) is 4.57 Å². The van der Waals surface area contributed by atoms with E-state index >= 15 is 0 Å². The molecule has 0 spiro atoms. The van der Waals surface area contributed by atoms with Gasteiger partial charge in [-0.25, -0.2) is 8.42 Å². The molecule has 8 heteroatoms. The Kier molecular flexibility index (Phi) is 3.47. The minimum Gasteiger partial charge on any atom is -0.315 e. The van der Waals surface area contributed by atoms with Crippen LogP contribution in [0.15, 0.2) is 38.8 Å². The minimum atomic E-state index is -3.62. The molecule has 18 heavy (non-hydrogen) atoms. The number of thiophene rings is 1. The first kappa shape index (κ1) is 13.1. The fourth-order valence-corrected chi connectivity index (χ4v) is 3.63. The van der Waals surface area contributed by atoms with Crippen molar-refractivity contribution in [2.24, 2.45) is 7.05 Å². The summed E-state index contributed by atoms with van der Waals surface area (Å²) < 4.78 is 27.7. The highest BCUT2D eigenvalue weighted by Gasteiger charge is 2.16. The summed E-state index contributed by atoms with van der Waals surface area (Å²) in [6, 6.07) is 4.43. The Morgan fingerprint density at radius 1 is 1.44 bits per heavy atom. The van der Waals surface area contributed by atoms with Gasteiger partial charge in [0.2, 0.25) is 0 Å². The Hall–Kier alpha value is -1.31. The van der Waals surface area contributed by atoms with Crippen LogP contribution in [0.2, 0.25) is 5.02 Å². The van der Waals surface area contributed by atoms with Crippen molar-refractivity contribution in [3.05, 3.63) is 45.2 Å². The van der Waals surface area contributed by atoms with Gasteiger partial charge < -0.3 is 4.57 Å². The van der Waals surface area contributed by atoms with Crippen molar-refractivity contribution in [2.75, 3.05) is 4.72 Å². The maximum Gasteiger partial charge on any atom is 0.271 e. The van der Waals surface area contributed by atoms with Crippen molar-refractivity contribution in [2.45, 2.75) is 4.21 Å². The predicted octanol–water partition coefficient (Wildman–Crippen LogP) is 1.90. The topological polar surface area (TPSA) is 68.2 Å². The minimum absolute atomic E-state index is 0.0381. The molecule has 0 fully saturated rings. The number of pyridine rings is 1. The molecule has 0 aliphatic rings. The number of nitrogens with zero attached hydrogens (tertiary/aromatic N) is 1. The van der Waals surface area contributed by atoms with E-state index in [-0.39, 0.29) is 20.5 Å². The van der Waals surface area contributed by atoms with Gasteiger partial charge in [-0.3, -0.25) is 9.52 Å². The molecule has 0 atom stereocenters. The largest absolute Gasteiger partial charge is 0.315 e. The number of aryl methyl sites for hydroxylation is 1. The van der Waals surface area contributed by atoms with E-state index in [1.807, 2.05) is 0 Å². The Morgan fingerprint density at radius 3 is 2.72 bits per heavy atom. The second kappa shape index (κ2) is 4.75. The van der Waals surface area contributed by atoms with E-state index in [1.165, 1.54) is 29.9 Å². The third-order valence-electron chi connectivity index (χ3n) is 2.15. The van der Waals surface area contributed by atoms with E-state index in [0.717, 1.165) is 11.3 Å². The van der Waals surface area contributed by atoms with Crippen LogP contribution in [-0.2, 0) is 17.1 Å². The second-order valence-electron chi connectivity index (χ2n) is 3.53.